The Kier molecular flexibility index (Phi) is 5.01. The van der Waals surface area contributed by atoms with Gasteiger partial charge in [-0.05, 0) is 32.2 Å². The van der Waals surface area contributed by atoms with E-state index in [1.165, 1.54) is 0 Å². The zero-order chi connectivity index (χ0) is 14.7. The van der Waals surface area contributed by atoms with Crippen LogP contribution in [0, 0.1) is 6.92 Å². The fraction of sp³-hybridized carbons (Fsp3) is 0.286. The number of anilines is 1. The number of hydrogen-bond acceptors (Lipinski definition) is 5. The molecule has 2 aromatic rings. The van der Waals surface area contributed by atoms with E-state index in [4.69, 9.17) is 18.0 Å². The summed E-state index contributed by atoms with van der Waals surface area (Å²) in [5.41, 5.74) is 8.80. The van der Waals surface area contributed by atoms with Crippen LogP contribution in [0.2, 0.25) is 0 Å². The van der Waals surface area contributed by atoms with Gasteiger partial charge in [-0.1, -0.05) is 18.3 Å². The van der Waals surface area contributed by atoms with E-state index >= 15 is 0 Å². The molecule has 1 aromatic carbocycles. The van der Waals surface area contributed by atoms with Gasteiger partial charge in [-0.25, -0.2) is 4.98 Å². The number of aromatic nitrogens is 1. The Labute approximate surface area is 133 Å². The average Bonchev–Trinajstić information content (AvgIpc) is 2.84. The molecule has 0 aliphatic heterocycles. The van der Waals surface area contributed by atoms with Crippen molar-refractivity contribution in [2.45, 2.75) is 24.8 Å². The summed E-state index contributed by atoms with van der Waals surface area (Å²) in [6, 6.07) is 6.17. The fourth-order valence-corrected chi connectivity index (χ4v) is 3.67. The molecule has 1 atom stereocenters. The Bertz CT molecular complexity index is 622. The standard InChI is InChI=1S/C14H17N3S3/c1-8-7-20-14(16-8)9(2)17-10-5-4-6-11(19-3)12(10)13(15)18/h4-7,9,17H,1-3H3,(H2,15,18). The van der Waals surface area contributed by atoms with E-state index in [0.717, 1.165) is 26.8 Å². The number of benzene rings is 1. The molecule has 1 unspecified atom stereocenters. The quantitative estimate of drug-likeness (QED) is 0.644. The highest BCUT2D eigenvalue weighted by Gasteiger charge is 2.15. The largest absolute Gasteiger partial charge is 0.389 e. The number of nitrogens with zero attached hydrogens (tertiary/aromatic N) is 1. The lowest BCUT2D eigenvalue weighted by Gasteiger charge is -2.18. The SMILES string of the molecule is CSc1cccc(NC(C)c2nc(C)cs2)c1C(N)=S. The molecule has 0 spiro atoms. The number of nitrogens with one attached hydrogen (secondary N) is 1. The molecule has 0 aliphatic carbocycles. The minimum Gasteiger partial charge on any atom is -0.389 e. The molecule has 3 N–H and O–H groups in total. The van der Waals surface area contributed by atoms with E-state index in [9.17, 15) is 0 Å². The number of rotatable bonds is 5. The first kappa shape index (κ1) is 15.3. The highest BCUT2D eigenvalue weighted by molar-refractivity contribution is 7.98. The van der Waals surface area contributed by atoms with Gasteiger partial charge >= 0.3 is 0 Å². The molecular formula is C14H17N3S3. The first-order chi connectivity index (χ1) is 9.52. The van der Waals surface area contributed by atoms with Crippen LogP contribution in [0.3, 0.4) is 0 Å². The lowest BCUT2D eigenvalue weighted by Crippen LogP contribution is -2.16. The smallest absolute Gasteiger partial charge is 0.115 e. The highest BCUT2D eigenvalue weighted by Crippen LogP contribution is 2.30. The molecular weight excluding hydrogens is 306 g/mol. The summed E-state index contributed by atoms with van der Waals surface area (Å²) >= 11 is 8.49. The molecule has 106 valence electrons. The van der Waals surface area contributed by atoms with Crippen molar-refractivity contribution in [1.29, 1.82) is 0 Å². The number of hydrogen-bond donors (Lipinski definition) is 2. The summed E-state index contributed by atoms with van der Waals surface area (Å²) in [5.74, 6) is 0. The van der Waals surface area contributed by atoms with Gasteiger partial charge < -0.3 is 11.1 Å². The van der Waals surface area contributed by atoms with Gasteiger partial charge in [0.2, 0.25) is 0 Å². The first-order valence-corrected chi connectivity index (χ1v) is 8.69. The summed E-state index contributed by atoms with van der Waals surface area (Å²) in [7, 11) is 0. The summed E-state index contributed by atoms with van der Waals surface area (Å²) in [6.45, 7) is 4.09. The number of nitrogens with two attached hydrogens (primary N) is 1. The molecule has 0 aliphatic rings. The van der Waals surface area contributed by atoms with Crippen LogP contribution in [0.15, 0.2) is 28.5 Å². The maximum atomic E-state index is 5.87. The van der Waals surface area contributed by atoms with Crippen molar-refractivity contribution in [3.05, 3.63) is 39.8 Å². The van der Waals surface area contributed by atoms with E-state index in [1.54, 1.807) is 23.1 Å². The third-order valence-electron chi connectivity index (χ3n) is 2.87. The second-order valence-electron chi connectivity index (χ2n) is 4.44. The van der Waals surface area contributed by atoms with Crippen LogP contribution in [-0.4, -0.2) is 16.2 Å². The molecule has 0 saturated carbocycles. The van der Waals surface area contributed by atoms with E-state index in [0.29, 0.717) is 4.99 Å². The van der Waals surface area contributed by atoms with E-state index in [2.05, 4.69) is 22.6 Å². The predicted molar refractivity (Wildman–Crippen MR) is 93.0 cm³/mol. The molecule has 20 heavy (non-hydrogen) atoms. The molecule has 2 rings (SSSR count). The zero-order valence-electron chi connectivity index (χ0n) is 11.6. The maximum Gasteiger partial charge on any atom is 0.115 e. The van der Waals surface area contributed by atoms with Gasteiger partial charge in [-0.3, -0.25) is 0 Å². The Hall–Kier alpha value is -1.11. The predicted octanol–water partition coefficient (Wildman–Crippen LogP) is 3.98. The minimum absolute atomic E-state index is 0.124. The number of thiazole rings is 1. The fourth-order valence-electron chi connectivity index (χ4n) is 1.94. The third-order valence-corrected chi connectivity index (χ3v) is 5.00. The van der Waals surface area contributed by atoms with Crippen molar-refractivity contribution < 1.29 is 0 Å². The van der Waals surface area contributed by atoms with Crippen LogP contribution < -0.4 is 11.1 Å². The molecule has 3 nitrogen and oxygen atoms in total. The second kappa shape index (κ2) is 6.56. The molecule has 1 aromatic heterocycles. The van der Waals surface area contributed by atoms with Gasteiger partial charge in [0.15, 0.2) is 0 Å². The van der Waals surface area contributed by atoms with Crippen LogP contribution in [0.25, 0.3) is 0 Å². The maximum absolute atomic E-state index is 5.87. The summed E-state index contributed by atoms with van der Waals surface area (Å²) in [4.78, 5) is 6.02. The molecule has 0 fully saturated rings. The monoisotopic (exact) mass is 323 g/mol. The van der Waals surface area contributed by atoms with Crippen LogP contribution in [-0.2, 0) is 0 Å². The number of thiocarbonyl (C=S) groups is 1. The zero-order valence-corrected chi connectivity index (χ0v) is 14.1. The van der Waals surface area contributed by atoms with Crippen molar-refractivity contribution in [3.8, 4) is 0 Å². The summed E-state index contributed by atoms with van der Waals surface area (Å²) in [6.07, 6.45) is 2.02. The van der Waals surface area contributed by atoms with Crippen molar-refractivity contribution in [2.75, 3.05) is 11.6 Å². The molecule has 0 radical (unpaired) electrons. The Morgan fingerprint density at radius 2 is 2.25 bits per heavy atom. The van der Waals surface area contributed by atoms with Gasteiger partial charge in [0, 0.05) is 27.2 Å². The lowest BCUT2D eigenvalue weighted by molar-refractivity contribution is 0.863. The molecule has 1 heterocycles. The van der Waals surface area contributed by atoms with Gasteiger partial charge in [-0.2, -0.15) is 0 Å². The summed E-state index contributed by atoms with van der Waals surface area (Å²) < 4.78 is 0. The van der Waals surface area contributed by atoms with Gasteiger partial charge in [0.1, 0.15) is 10.00 Å². The van der Waals surface area contributed by atoms with E-state index in [1.807, 2.05) is 31.4 Å². The topological polar surface area (TPSA) is 50.9 Å². The molecule has 6 heteroatoms. The van der Waals surface area contributed by atoms with Crippen molar-refractivity contribution in [1.82, 2.24) is 4.98 Å². The van der Waals surface area contributed by atoms with E-state index in [-0.39, 0.29) is 6.04 Å². The number of aryl methyl sites for hydroxylation is 1. The third kappa shape index (κ3) is 3.31. The van der Waals surface area contributed by atoms with Gasteiger partial charge in [0.25, 0.3) is 0 Å². The van der Waals surface area contributed by atoms with Crippen molar-refractivity contribution >= 4 is 46.0 Å². The van der Waals surface area contributed by atoms with Crippen molar-refractivity contribution in [3.63, 3.8) is 0 Å². The van der Waals surface area contributed by atoms with Crippen molar-refractivity contribution in [2.24, 2.45) is 5.73 Å². The number of thioether (sulfide) groups is 1. The molecule has 0 bridgehead atoms. The Balaban J connectivity index is 2.31. The second-order valence-corrected chi connectivity index (χ2v) is 6.62. The minimum atomic E-state index is 0.124. The average molecular weight is 324 g/mol. The molecule has 0 saturated heterocycles. The van der Waals surface area contributed by atoms with E-state index < -0.39 is 0 Å². The normalized spacial score (nSPS) is 12.2. The van der Waals surface area contributed by atoms with Gasteiger partial charge in [0.05, 0.1) is 6.04 Å². The Morgan fingerprint density at radius 1 is 1.50 bits per heavy atom. The van der Waals surface area contributed by atoms with Crippen LogP contribution in [0.5, 0.6) is 0 Å². The lowest BCUT2D eigenvalue weighted by atomic mass is 10.1. The molecule has 0 amide bonds. The van der Waals surface area contributed by atoms with Crippen LogP contribution >= 0.6 is 35.3 Å². The Morgan fingerprint density at radius 3 is 2.80 bits per heavy atom. The summed E-state index contributed by atoms with van der Waals surface area (Å²) in [5, 5.41) is 6.58. The van der Waals surface area contributed by atoms with Crippen LogP contribution in [0.1, 0.15) is 29.2 Å². The van der Waals surface area contributed by atoms with Crippen LogP contribution in [0.4, 0.5) is 5.69 Å². The highest BCUT2D eigenvalue weighted by atomic mass is 32.2. The first-order valence-electron chi connectivity index (χ1n) is 6.18. The van der Waals surface area contributed by atoms with Gasteiger partial charge in [-0.15, -0.1) is 23.1 Å².